The molecule has 0 heterocycles. The van der Waals surface area contributed by atoms with Gasteiger partial charge in [-0.1, -0.05) is 11.6 Å². The fourth-order valence-corrected chi connectivity index (χ4v) is 3.30. The molecule has 2 aromatic carbocycles. The van der Waals surface area contributed by atoms with Crippen LogP contribution in [0.5, 0.6) is 11.5 Å². The topological polar surface area (TPSA) is 84.9 Å². The number of rotatable bonds is 7. The van der Waals surface area contributed by atoms with Crippen molar-refractivity contribution in [3.63, 3.8) is 0 Å². The number of carbonyl (C=O) groups is 1. The number of hydrogen-bond donors (Lipinski definition) is 1. The molecule has 1 atom stereocenters. The van der Waals surface area contributed by atoms with Gasteiger partial charge in [0.2, 0.25) is 10.0 Å². The number of halogens is 1. The van der Waals surface area contributed by atoms with Crippen molar-refractivity contribution >= 4 is 33.2 Å². The highest BCUT2D eigenvalue weighted by Gasteiger charge is 2.20. The lowest BCUT2D eigenvalue weighted by Crippen LogP contribution is -2.28. The largest absolute Gasteiger partial charge is 0.497 e. The zero-order valence-corrected chi connectivity index (χ0v) is 17.9. The van der Waals surface area contributed by atoms with Crippen LogP contribution in [0.4, 0.5) is 5.69 Å². The standard InChI is InChI=1S/C19H23ClN2O5S/c1-12(15-11-14(26-3)7-9-18(15)27-4)21-19(23)16-10-13(6-8-17(16)20)22(2)28(5,24)25/h6-12H,1-5H3,(H,21,23)/t12-/m0/s1. The second-order valence-corrected chi connectivity index (χ2v) is 8.62. The van der Waals surface area contributed by atoms with E-state index < -0.39 is 22.0 Å². The Labute approximate surface area is 170 Å². The van der Waals surface area contributed by atoms with Crippen LogP contribution < -0.4 is 19.1 Å². The molecule has 2 rings (SSSR count). The Morgan fingerprint density at radius 1 is 1.14 bits per heavy atom. The van der Waals surface area contributed by atoms with Gasteiger partial charge in [0.05, 0.1) is 42.8 Å². The summed E-state index contributed by atoms with van der Waals surface area (Å²) >= 11 is 6.17. The van der Waals surface area contributed by atoms with E-state index in [1.54, 1.807) is 39.3 Å². The maximum Gasteiger partial charge on any atom is 0.253 e. The summed E-state index contributed by atoms with van der Waals surface area (Å²) in [5, 5.41) is 3.07. The minimum Gasteiger partial charge on any atom is -0.497 e. The number of methoxy groups -OCH3 is 2. The van der Waals surface area contributed by atoms with Crippen LogP contribution >= 0.6 is 11.6 Å². The van der Waals surface area contributed by atoms with Crippen molar-refractivity contribution in [3.8, 4) is 11.5 Å². The Kier molecular flexibility index (Phi) is 6.79. The molecule has 7 nitrogen and oxygen atoms in total. The van der Waals surface area contributed by atoms with Gasteiger partial charge >= 0.3 is 0 Å². The lowest BCUT2D eigenvalue weighted by Gasteiger charge is -2.20. The van der Waals surface area contributed by atoms with Crippen molar-refractivity contribution in [2.24, 2.45) is 0 Å². The number of sulfonamides is 1. The highest BCUT2D eigenvalue weighted by molar-refractivity contribution is 7.92. The molecule has 152 valence electrons. The van der Waals surface area contributed by atoms with Gasteiger partial charge in [0.1, 0.15) is 11.5 Å². The number of amides is 1. The van der Waals surface area contributed by atoms with Gasteiger partial charge in [0, 0.05) is 12.6 Å². The molecule has 2 aromatic rings. The van der Waals surface area contributed by atoms with E-state index in [-0.39, 0.29) is 10.6 Å². The highest BCUT2D eigenvalue weighted by Crippen LogP contribution is 2.30. The zero-order chi connectivity index (χ0) is 21.1. The van der Waals surface area contributed by atoms with Gasteiger partial charge in [-0.15, -0.1) is 0 Å². The maximum atomic E-state index is 12.8. The number of ether oxygens (including phenoxy) is 2. The fraction of sp³-hybridized carbons (Fsp3) is 0.316. The third-order valence-electron chi connectivity index (χ3n) is 4.31. The fourth-order valence-electron chi connectivity index (χ4n) is 2.60. The van der Waals surface area contributed by atoms with E-state index in [4.69, 9.17) is 21.1 Å². The van der Waals surface area contributed by atoms with Crippen LogP contribution in [0.25, 0.3) is 0 Å². The SMILES string of the molecule is COc1ccc(OC)c([C@H](C)NC(=O)c2cc(N(C)S(C)(=O)=O)ccc2Cl)c1. The lowest BCUT2D eigenvalue weighted by molar-refractivity contribution is 0.0939. The number of benzene rings is 2. The van der Waals surface area contributed by atoms with E-state index >= 15 is 0 Å². The van der Waals surface area contributed by atoms with Gasteiger partial charge < -0.3 is 14.8 Å². The van der Waals surface area contributed by atoms with Gasteiger partial charge in [-0.25, -0.2) is 8.42 Å². The van der Waals surface area contributed by atoms with Crippen LogP contribution in [0.2, 0.25) is 5.02 Å². The minimum atomic E-state index is -3.47. The molecule has 0 bridgehead atoms. The predicted octanol–water partition coefficient (Wildman–Crippen LogP) is 3.24. The predicted molar refractivity (Wildman–Crippen MR) is 110 cm³/mol. The van der Waals surface area contributed by atoms with Crippen LogP contribution in [-0.2, 0) is 10.0 Å². The van der Waals surface area contributed by atoms with Crippen molar-refractivity contribution < 1.29 is 22.7 Å². The molecule has 0 fully saturated rings. The lowest BCUT2D eigenvalue weighted by atomic mass is 10.1. The number of anilines is 1. The Balaban J connectivity index is 2.32. The van der Waals surface area contributed by atoms with Crippen molar-refractivity contribution in [2.75, 3.05) is 31.8 Å². The van der Waals surface area contributed by atoms with Crippen molar-refractivity contribution in [1.29, 1.82) is 0 Å². The van der Waals surface area contributed by atoms with Crippen LogP contribution in [0.3, 0.4) is 0 Å². The van der Waals surface area contributed by atoms with Crippen molar-refractivity contribution in [3.05, 3.63) is 52.5 Å². The van der Waals surface area contributed by atoms with Crippen molar-refractivity contribution in [1.82, 2.24) is 5.32 Å². The van der Waals surface area contributed by atoms with E-state index in [2.05, 4.69) is 5.32 Å². The van der Waals surface area contributed by atoms with E-state index in [9.17, 15) is 13.2 Å². The molecular weight excluding hydrogens is 404 g/mol. The smallest absolute Gasteiger partial charge is 0.253 e. The quantitative estimate of drug-likeness (QED) is 0.734. The molecule has 9 heteroatoms. The molecule has 1 amide bonds. The summed E-state index contributed by atoms with van der Waals surface area (Å²) in [5.74, 6) is 0.795. The highest BCUT2D eigenvalue weighted by atomic mass is 35.5. The van der Waals surface area contributed by atoms with Gasteiger partial charge in [0.15, 0.2) is 0 Å². The first-order valence-electron chi connectivity index (χ1n) is 8.34. The average Bonchev–Trinajstić information content (AvgIpc) is 2.66. The molecule has 0 unspecified atom stereocenters. The number of hydrogen-bond acceptors (Lipinski definition) is 5. The normalized spacial score (nSPS) is 12.2. The van der Waals surface area contributed by atoms with Crippen LogP contribution in [0.15, 0.2) is 36.4 Å². The zero-order valence-electron chi connectivity index (χ0n) is 16.3. The summed E-state index contributed by atoms with van der Waals surface area (Å²) < 4.78 is 35.2. The molecule has 0 aromatic heterocycles. The van der Waals surface area contributed by atoms with Crippen molar-refractivity contribution in [2.45, 2.75) is 13.0 Å². The van der Waals surface area contributed by atoms with E-state index in [0.717, 1.165) is 16.1 Å². The Bertz CT molecular complexity index is 978. The summed E-state index contributed by atoms with van der Waals surface area (Å²) in [6, 6.07) is 9.35. The van der Waals surface area contributed by atoms with E-state index in [1.165, 1.54) is 25.2 Å². The third kappa shape index (κ3) is 4.88. The summed E-state index contributed by atoms with van der Waals surface area (Å²) in [5.41, 5.74) is 1.24. The van der Waals surface area contributed by atoms with Gasteiger partial charge in [0.25, 0.3) is 5.91 Å². The molecule has 1 N–H and O–H groups in total. The second kappa shape index (κ2) is 8.70. The molecule has 0 aliphatic carbocycles. The maximum absolute atomic E-state index is 12.8. The summed E-state index contributed by atoms with van der Waals surface area (Å²) in [4.78, 5) is 12.8. The Hall–Kier alpha value is -2.45. The molecule has 28 heavy (non-hydrogen) atoms. The Morgan fingerprint density at radius 2 is 1.82 bits per heavy atom. The number of nitrogens with zero attached hydrogens (tertiary/aromatic N) is 1. The summed E-state index contributed by atoms with van der Waals surface area (Å²) in [7, 11) is 1.04. The third-order valence-corrected chi connectivity index (χ3v) is 5.84. The van der Waals surface area contributed by atoms with E-state index in [1.807, 2.05) is 0 Å². The first-order chi connectivity index (χ1) is 13.1. The van der Waals surface area contributed by atoms with E-state index in [0.29, 0.717) is 17.2 Å². The molecule has 0 spiro atoms. The second-order valence-electron chi connectivity index (χ2n) is 6.20. The number of nitrogens with one attached hydrogen (secondary N) is 1. The summed E-state index contributed by atoms with van der Waals surface area (Å²) in [6.07, 6.45) is 1.08. The van der Waals surface area contributed by atoms with Crippen LogP contribution in [-0.4, -0.2) is 41.8 Å². The molecule has 0 saturated carbocycles. The van der Waals surface area contributed by atoms with Gasteiger partial charge in [-0.2, -0.15) is 0 Å². The summed E-state index contributed by atoms with van der Waals surface area (Å²) in [6.45, 7) is 1.80. The number of carbonyl (C=O) groups excluding carboxylic acids is 1. The average molecular weight is 427 g/mol. The first-order valence-corrected chi connectivity index (χ1v) is 10.6. The Morgan fingerprint density at radius 3 is 2.39 bits per heavy atom. The molecule has 0 saturated heterocycles. The molecule has 0 radical (unpaired) electrons. The van der Waals surface area contributed by atoms with Gasteiger partial charge in [-0.05, 0) is 43.3 Å². The molecule has 0 aliphatic rings. The van der Waals surface area contributed by atoms with Crippen LogP contribution in [0.1, 0.15) is 28.9 Å². The molecule has 0 aliphatic heterocycles. The van der Waals surface area contributed by atoms with Crippen LogP contribution in [0, 0.1) is 0 Å². The molecular formula is C19H23ClN2O5S. The minimum absolute atomic E-state index is 0.170. The van der Waals surface area contributed by atoms with Gasteiger partial charge in [-0.3, -0.25) is 9.10 Å². The first kappa shape index (κ1) is 21.8. The monoisotopic (exact) mass is 426 g/mol.